The summed E-state index contributed by atoms with van der Waals surface area (Å²) >= 11 is 1.55. The molecule has 0 aromatic heterocycles. The summed E-state index contributed by atoms with van der Waals surface area (Å²) in [6.45, 7) is 3.84. The van der Waals surface area contributed by atoms with Crippen LogP contribution in [0, 0.1) is 0 Å². The van der Waals surface area contributed by atoms with E-state index >= 15 is 0 Å². The Hall–Kier alpha value is -1.69. The number of ether oxygens (including phenoxy) is 1. The summed E-state index contributed by atoms with van der Waals surface area (Å²) in [6.07, 6.45) is 2.36. The highest BCUT2D eigenvalue weighted by Gasteiger charge is 2.20. The molecule has 0 radical (unpaired) electrons. The molecule has 1 rings (SSSR count). The largest absolute Gasteiger partial charge is 0.491 e. The Bertz CT molecular complexity index is 473. The minimum Gasteiger partial charge on any atom is -0.491 e. The molecule has 0 bridgehead atoms. The van der Waals surface area contributed by atoms with Gasteiger partial charge in [0.15, 0.2) is 0 Å². The normalized spacial score (nSPS) is 12.0. The van der Waals surface area contributed by atoms with Gasteiger partial charge in [-0.2, -0.15) is 11.8 Å². The molecular weight excluding hydrogens is 290 g/mol. The standard InChI is InChI=1S/C15H21NO4S/c1-10(2)20-12-6-4-11(5-7-12)14(17)16-13(15(18)19)8-9-21-3/h4-7,10,13H,8-9H2,1-3H3,(H,16,17)(H,18,19)/t13-/m0/s1. The van der Waals surface area contributed by atoms with E-state index < -0.39 is 12.0 Å². The number of thioether (sulfide) groups is 1. The zero-order valence-electron chi connectivity index (χ0n) is 12.5. The van der Waals surface area contributed by atoms with Gasteiger partial charge in [0.05, 0.1) is 6.10 Å². The third kappa shape index (κ3) is 6.08. The maximum Gasteiger partial charge on any atom is 0.326 e. The lowest BCUT2D eigenvalue weighted by atomic mass is 10.1. The van der Waals surface area contributed by atoms with Crippen molar-refractivity contribution in [2.45, 2.75) is 32.4 Å². The van der Waals surface area contributed by atoms with Crippen LogP contribution >= 0.6 is 11.8 Å². The number of hydrogen-bond donors (Lipinski definition) is 2. The van der Waals surface area contributed by atoms with Gasteiger partial charge in [-0.1, -0.05) is 0 Å². The molecule has 1 atom stereocenters. The maximum atomic E-state index is 12.0. The summed E-state index contributed by atoms with van der Waals surface area (Å²) < 4.78 is 5.49. The van der Waals surface area contributed by atoms with E-state index in [9.17, 15) is 9.59 Å². The summed E-state index contributed by atoms with van der Waals surface area (Å²) in [6, 6.07) is 5.79. The van der Waals surface area contributed by atoms with E-state index in [2.05, 4.69) is 5.32 Å². The number of aliphatic carboxylic acids is 1. The third-order valence-electron chi connectivity index (χ3n) is 2.70. The van der Waals surface area contributed by atoms with Crippen LogP contribution in [0.4, 0.5) is 0 Å². The number of benzene rings is 1. The van der Waals surface area contributed by atoms with E-state index in [0.29, 0.717) is 23.5 Å². The predicted octanol–water partition coefficient (Wildman–Crippen LogP) is 2.41. The Labute approximate surface area is 129 Å². The van der Waals surface area contributed by atoms with Gasteiger partial charge in [0, 0.05) is 5.56 Å². The number of carbonyl (C=O) groups is 2. The van der Waals surface area contributed by atoms with Gasteiger partial charge in [-0.3, -0.25) is 4.79 Å². The molecule has 0 aliphatic carbocycles. The molecule has 5 nitrogen and oxygen atoms in total. The second-order valence-corrected chi connectivity index (χ2v) is 5.82. The van der Waals surface area contributed by atoms with Gasteiger partial charge in [0.25, 0.3) is 5.91 Å². The Balaban J connectivity index is 2.67. The highest BCUT2D eigenvalue weighted by Crippen LogP contribution is 2.14. The van der Waals surface area contributed by atoms with Crippen molar-refractivity contribution in [2.75, 3.05) is 12.0 Å². The molecule has 1 amide bonds. The SMILES string of the molecule is CSCC[C@H](NC(=O)c1ccc(OC(C)C)cc1)C(=O)O. The summed E-state index contributed by atoms with van der Waals surface area (Å²) in [5, 5.41) is 11.6. The van der Waals surface area contributed by atoms with Crippen molar-refractivity contribution in [3.8, 4) is 5.75 Å². The van der Waals surface area contributed by atoms with Gasteiger partial charge < -0.3 is 15.2 Å². The van der Waals surface area contributed by atoms with Crippen LogP contribution in [-0.4, -0.2) is 41.1 Å². The smallest absolute Gasteiger partial charge is 0.326 e. The highest BCUT2D eigenvalue weighted by atomic mass is 32.2. The average Bonchev–Trinajstić information content (AvgIpc) is 2.43. The quantitative estimate of drug-likeness (QED) is 0.771. The minimum absolute atomic E-state index is 0.0626. The van der Waals surface area contributed by atoms with Gasteiger partial charge in [0.1, 0.15) is 11.8 Å². The van der Waals surface area contributed by atoms with Crippen molar-refractivity contribution in [3.05, 3.63) is 29.8 Å². The molecule has 0 saturated carbocycles. The number of carboxylic acids is 1. The Morgan fingerprint density at radius 1 is 1.29 bits per heavy atom. The first-order valence-electron chi connectivity index (χ1n) is 6.73. The highest BCUT2D eigenvalue weighted by molar-refractivity contribution is 7.98. The fraction of sp³-hybridized carbons (Fsp3) is 0.467. The van der Waals surface area contributed by atoms with Crippen LogP contribution in [0.2, 0.25) is 0 Å². The summed E-state index contributed by atoms with van der Waals surface area (Å²) in [5.41, 5.74) is 0.418. The lowest BCUT2D eigenvalue weighted by Crippen LogP contribution is -2.41. The summed E-state index contributed by atoms with van der Waals surface area (Å²) in [5.74, 6) is -0.0474. The topological polar surface area (TPSA) is 75.6 Å². The molecule has 116 valence electrons. The van der Waals surface area contributed by atoms with E-state index in [1.54, 1.807) is 36.0 Å². The van der Waals surface area contributed by atoms with Crippen molar-refractivity contribution in [3.63, 3.8) is 0 Å². The van der Waals surface area contributed by atoms with Crippen LogP contribution < -0.4 is 10.1 Å². The van der Waals surface area contributed by atoms with Crippen molar-refractivity contribution in [1.82, 2.24) is 5.32 Å². The molecule has 0 spiro atoms. The second-order valence-electron chi connectivity index (χ2n) is 4.84. The molecule has 6 heteroatoms. The number of hydrogen-bond acceptors (Lipinski definition) is 4. The Morgan fingerprint density at radius 2 is 1.90 bits per heavy atom. The van der Waals surface area contributed by atoms with Crippen molar-refractivity contribution < 1.29 is 19.4 Å². The van der Waals surface area contributed by atoms with Crippen LogP contribution in [-0.2, 0) is 4.79 Å². The molecule has 0 unspecified atom stereocenters. The van der Waals surface area contributed by atoms with Crippen molar-refractivity contribution in [2.24, 2.45) is 0 Å². The number of carboxylic acid groups (broad SMARTS) is 1. The van der Waals surface area contributed by atoms with Gasteiger partial charge in [0.2, 0.25) is 0 Å². The van der Waals surface area contributed by atoms with Gasteiger partial charge in [-0.15, -0.1) is 0 Å². The number of nitrogens with one attached hydrogen (secondary N) is 1. The van der Waals surface area contributed by atoms with Crippen LogP contribution in [0.5, 0.6) is 5.75 Å². The van der Waals surface area contributed by atoms with Crippen LogP contribution in [0.3, 0.4) is 0 Å². The molecular formula is C15H21NO4S. The minimum atomic E-state index is -1.02. The predicted molar refractivity (Wildman–Crippen MR) is 84.1 cm³/mol. The first kappa shape index (κ1) is 17.4. The number of amides is 1. The molecule has 0 fully saturated rings. The molecule has 2 N–H and O–H groups in total. The number of carbonyl (C=O) groups excluding carboxylic acids is 1. The maximum absolute atomic E-state index is 12.0. The van der Waals surface area contributed by atoms with E-state index in [-0.39, 0.29) is 12.0 Å². The molecule has 0 aliphatic rings. The Morgan fingerprint density at radius 3 is 2.38 bits per heavy atom. The van der Waals surface area contributed by atoms with E-state index in [1.165, 1.54) is 0 Å². The summed E-state index contributed by atoms with van der Waals surface area (Å²) in [7, 11) is 0. The van der Waals surface area contributed by atoms with Crippen LogP contribution in [0.25, 0.3) is 0 Å². The van der Waals surface area contributed by atoms with E-state index in [1.807, 2.05) is 20.1 Å². The zero-order chi connectivity index (χ0) is 15.8. The molecule has 0 heterocycles. The first-order valence-corrected chi connectivity index (χ1v) is 8.12. The molecule has 0 saturated heterocycles. The third-order valence-corrected chi connectivity index (χ3v) is 3.35. The lowest BCUT2D eigenvalue weighted by molar-refractivity contribution is -0.139. The summed E-state index contributed by atoms with van der Waals surface area (Å²) in [4.78, 5) is 23.1. The molecule has 21 heavy (non-hydrogen) atoms. The van der Waals surface area contributed by atoms with E-state index in [0.717, 1.165) is 0 Å². The van der Waals surface area contributed by atoms with Crippen molar-refractivity contribution >= 4 is 23.6 Å². The zero-order valence-corrected chi connectivity index (χ0v) is 13.3. The fourth-order valence-corrected chi connectivity index (χ4v) is 2.16. The second kappa shape index (κ2) is 8.56. The van der Waals surface area contributed by atoms with Crippen LogP contribution in [0.1, 0.15) is 30.6 Å². The lowest BCUT2D eigenvalue weighted by Gasteiger charge is -2.14. The molecule has 0 aliphatic heterocycles. The monoisotopic (exact) mass is 311 g/mol. The van der Waals surface area contributed by atoms with Gasteiger partial charge in [-0.25, -0.2) is 4.79 Å². The first-order chi connectivity index (χ1) is 9.93. The number of rotatable bonds is 8. The van der Waals surface area contributed by atoms with Gasteiger partial charge >= 0.3 is 5.97 Å². The molecule has 1 aromatic carbocycles. The van der Waals surface area contributed by atoms with Crippen molar-refractivity contribution in [1.29, 1.82) is 0 Å². The van der Waals surface area contributed by atoms with E-state index in [4.69, 9.17) is 9.84 Å². The fourth-order valence-electron chi connectivity index (χ4n) is 1.69. The Kier molecular flexibility index (Phi) is 7.08. The van der Waals surface area contributed by atoms with Crippen LogP contribution in [0.15, 0.2) is 24.3 Å². The average molecular weight is 311 g/mol. The molecule has 1 aromatic rings. The van der Waals surface area contributed by atoms with Gasteiger partial charge in [-0.05, 0) is 56.5 Å².